The van der Waals surface area contributed by atoms with Crippen LogP contribution in [0.4, 0.5) is 0 Å². The SMILES string of the molecule is CNCC1CCCN1CCC(=O)N(C)C. The fourth-order valence-electron chi connectivity index (χ4n) is 2.12. The summed E-state index contributed by atoms with van der Waals surface area (Å²) in [5.74, 6) is 0.227. The molecule has 88 valence electrons. The van der Waals surface area contributed by atoms with Crippen LogP contribution in [0.15, 0.2) is 0 Å². The van der Waals surface area contributed by atoms with Crippen LogP contribution < -0.4 is 5.32 Å². The highest BCUT2D eigenvalue weighted by Gasteiger charge is 2.23. The molecule has 0 aromatic carbocycles. The van der Waals surface area contributed by atoms with Crippen molar-refractivity contribution < 1.29 is 4.79 Å². The summed E-state index contributed by atoms with van der Waals surface area (Å²) in [6, 6.07) is 0.630. The minimum atomic E-state index is 0.227. The second-order valence-corrected chi connectivity index (χ2v) is 4.43. The minimum absolute atomic E-state index is 0.227. The van der Waals surface area contributed by atoms with Gasteiger partial charge in [0.2, 0.25) is 5.91 Å². The van der Waals surface area contributed by atoms with Gasteiger partial charge in [-0.2, -0.15) is 0 Å². The van der Waals surface area contributed by atoms with Gasteiger partial charge in [0.15, 0.2) is 0 Å². The quantitative estimate of drug-likeness (QED) is 0.706. The van der Waals surface area contributed by atoms with E-state index in [4.69, 9.17) is 0 Å². The van der Waals surface area contributed by atoms with Crippen molar-refractivity contribution in [1.29, 1.82) is 0 Å². The van der Waals surface area contributed by atoms with Crippen molar-refractivity contribution in [3.05, 3.63) is 0 Å². The van der Waals surface area contributed by atoms with Crippen LogP contribution in [-0.2, 0) is 4.79 Å². The lowest BCUT2D eigenvalue weighted by Gasteiger charge is -2.24. The van der Waals surface area contributed by atoms with Crippen LogP contribution >= 0.6 is 0 Å². The van der Waals surface area contributed by atoms with Crippen LogP contribution in [0.5, 0.6) is 0 Å². The number of hydrogen-bond acceptors (Lipinski definition) is 3. The Bertz CT molecular complexity index is 206. The van der Waals surface area contributed by atoms with Crippen LogP contribution in [0, 0.1) is 0 Å². The van der Waals surface area contributed by atoms with Crippen LogP contribution in [0.25, 0.3) is 0 Å². The van der Waals surface area contributed by atoms with Gasteiger partial charge in [-0.15, -0.1) is 0 Å². The number of likely N-dealkylation sites (N-methyl/N-ethyl adjacent to an activating group) is 1. The van der Waals surface area contributed by atoms with Gasteiger partial charge >= 0.3 is 0 Å². The van der Waals surface area contributed by atoms with Crippen LogP contribution in [0.2, 0.25) is 0 Å². The van der Waals surface area contributed by atoms with Gasteiger partial charge in [0.05, 0.1) is 0 Å². The molecular formula is C11H23N3O. The van der Waals surface area contributed by atoms with E-state index >= 15 is 0 Å². The molecule has 1 heterocycles. The van der Waals surface area contributed by atoms with Gasteiger partial charge in [0, 0.05) is 39.6 Å². The van der Waals surface area contributed by atoms with Gasteiger partial charge in [0.25, 0.3) is 0 Å². The molecule has 1 saturated heterocycles. The molecule has 0 aliphatic carbocycles. The van der Waals surface area contributed by atoms with E-state index in [0.29, 0.717) is 12.5 Å². The molecular weight excluding hydrogens is 190 g/mol. The third kappa shape index (κ3) is 3.80. The molecule has 1 aliphatic heterocycles. The summed E-state index contributed by atoms with van der Waals surface area (Å²) in [5, 5.41) is 3.21. The first-order chi connectivity index (χ1) is 7.15. The second kappa shape index (κ2) is 6.08. The molecule has 15 heavy (non-hydrogen) atoms. The smallest absolute Gasteiger partial charge is 0.223 e. The van der Waals surface area contributed by atoms with E-state index in [1.165, 1.54) is 12.8 Å². The molecule has 4 heteroatoms. The summed E-state index contributed by atoms with van der Waals surface area (Å²) in [5.41, 5.74) is 0. The van der Waals surface area contributed by atoms with Gasteiger partial charge < -0.3 is 10.2 Å². The van der Waals surface area contributed by atoms with Crippen molar-refractivity contribution >= 4 is 5.91 Å². The van der Waals surface area contributed by atoms with Gasteiger partial charge in [-0.25, -0.2) is 0 Å². The maximum atomic E-state index is 11.4. The summed E-state index contributed by atoms with van der Waals surface area (Å²) in [4.78, 5) is 15.5. The van der Waals surface area contributed by atoms with E-state index < -0.39 is 0 Å². The first-order valence-corrected chi connectivity index (χ1v) is 5.74. The lowest BCUT2D eigenvalue weighted by Crippen LogP contribution is -2.38. The Morgan fingerprint density at radius 1 is 1.53 bits per heavy atom. The summed E-state index contributed by atoms with van der Waals surface area (Å²) in [7, 11) is 5.62. The maximum Gasteiger partial charge on any atom is 0.223 e. The Balaban J connectivity index is 2.28. The molecule has 0 radical (unpaired) electrons. The van der Waals surface area contributed by atoms with Crippen LogP contribution in [0.3, 0.4) is 0 Å². The zero-order valence-electron chi connectivity index (χ0n) is 10.1. The van der Waals surface area contributed by atoms with Crippen LogP contribution in [0.1, 0.15) is 19.3 Å². The third-order valence-corrected chi connectivity index (χ3v) is 3.05. The number of nitrogens with zero attached hydrogens (tertiary/aromatic N) is 2. The van der Waals surface area contributed by atoms with Gasteiger partial charge in [-0.05, 0) is 26.4 Å². The summed E-state index contributed by atoms with van der Waals surface area (Å²) >= 11 is 0. The molecule has 0 saturated carbocycles. The molecule has 1 N–H and O–H groups in total. The molecule has 1 amide bonds. The van der Waals surface area contributed by atoms with Crippen molar-refractivity contribution in [1.82, 2.24) is 15.1 Å². The monoisotopic (exact) mass is 213 g/mol. The summed E-state index contributed by atoms with van der Waals surface area (Å²) < 4.78 is 0. The first kappa shape index (κ1) is 12.5. The number of likely N-dealkylation sites (tertiary alicyclic amines) is 1. The van der Waals surface area contributed by atoms with E-state index in [9.17, 15) is 4.79 Å². The third-order valence-electron chi connectivity index (χ3n) is 3.05. The van der Waals surface area contributed by atoms with E-state index in [1.807, 2.05) is 21.1 Å². The zero-order valence-corrected chi connectivity index (χ0v) is 10.1. The molecule has 0 bridgehead atoms. The average molecular weight is 213 g/mol. The molecule has 0 spiro atoms. The predicted octanol–water partition coefficient (Wildman–Crippen LogP) is 0.149. The van der Waals surface area contributed by atoms with Crippen molar-refractivity contribution in [2.45, 2.75) is 25.3 Å². The molecule has 0 aromatic rings. The molecule has 1 unspecified atom stereocenters. The highest BCUT2D eigenvalue weighted by Crippen LogP contribution is 2.16. The van der Waals surface area contributed by atoms with E-state index in [1.54, 1.807) is 4.90 Å². The standard InChI is InChI=1S/C11H23N3O/c1-12-9-10-5-4-7-14(10)8-6-11(15)13(2)3/h10,12H,4-9H2,1-3H3. The Kier molecular flexibility index (Phi) is 5.05. The fourth-order valence-corrected chi connectivity index (χ4v) is 2.12. The highest BCUT2D eigenvalue weighted by molar-refractivity contribution is 5.75. The Morgan fingerprint density at radius 3 is 2.87 bits per heavy atom. The van der Waals surface area contributed by atoms with Crippen molar-refractivity contribution in [3.63, 3.8) is 0 Å². The molecule has 4 nitrogen and oxygen atoms in total. The minimum Gasteiger partial charge on any atom is -0.349 e. The summed E-state index contributed by atoms with van der Waals surface area (Å²) in [6.45, 7) is 3.09. The van der Waals surface area contributed by atoms with Crippen LogP contribution in [-0.4, -0.2) is 62.5 Å². The maximum absolute atomic E-state index is 11.4. The van der Waals surface area contributed by atoms with E-state index in [2.05, 4.69) is 10.2 Å². The molecule has 1 fully saturated rings. The lowest BCUT2D eigenvalue weighted by molar-refractivity contribution is -0.129. The highest BCUT2D eigenvalue weighted by atomic mass is 16.2. The normalized spacial score (nSPS) is 21.9. The Morgan fingerprint density at radius 2 is 2.27 bits per heavy atom. The number of carbonyl (C=O) groups excluding carboxylic acids is 1. The fraction of sp³-hybridized carbons (Fsp3) is 0.909. The predicted molar refractivity (Wildman–Crippen MR) is 61.8 cm³/mol. The molecule has 1 atom stereocenters. The van der Waals surface area contributed by atoms with Crippen molar-refractivity contribution in [2.75, 3.05) is 40.8 Å². The summed E-state index contributed by atoms with van der Waals surface area (Å²) in [6.07, 6.45) is 3.17. The molecule has 1 rings (SSSR count). The number of carbonyl (C=O) groups is 1. The zero-order chi connectivity index (χ0) is 11.3. The molecule has 1 aliphatic rings. The van der Waals surface area contributed by atoms with E-state index in [0.717, 1.165) is 19.6 Å². The Hall–Kier alpha value is -0.610. The van der Waals surface area contributed by atoms with Gasteiger partial charge in [0.1, 0.15) is 0 Å². The van der Waals surface area contributed by atoms with Gasteiger partial charge in [-0.3, -0.25) is 9.69 Å². The largest absolute Gasteiger partial charge is 0.349 e. The topological polar surface area (TPSA) is 35.6 Å². The molecule has 0 aromatic heterocycles. The second-order valence-electron chi connectivity index (χ2n) is 4.43. The van der Waals surface area contributed by atoms with Gasteiger partial charge in [-0.1, -0.05) is 0 Å². The Labute approximate surface area is 92.6 Å². The number of nitrogens with one attached hydrogen (secondary N) is 1. The number of amides is 1. The van der Waals surface area contributed by atoms with Crippen molar-refractivity contribution in [2.24, 2.45) is 0 Å². The lowest BCUT2D eigenvalue weighted by atomic mass is 10.2. The average Bonchev–Trinajstić information content (AvgIpc) is 2.62. The first-order valence-electron chi connectivity index (χ1n) is 5.74. The van der Waals surface area contributed by atoms with E-state index in [-0.39, 0.29) is 5.91 Å². The number of rotatable bonds is 5. The number of hydrogen-bond donors (Lipinski definition) is 1. The van der Waals surface area contributed by atoms with Crippen molar-refractivity contribution in [3.8, 4) is 0 Å².